The Morgan fingerprint density at radius 1 is 1.38 bits per heavy atom. The highest BCUT2D eigenvalue weighted by atomic mass is 16.6. The molecule has 2 heterocycles. The van der Waals surface area contributed by atoms with Gasteiger partial charge in [0.25, 0.3) is 0 Å². The van der Waals surface area contributed by atoms with Crippen molar-refractivity contribution in [2.45, 2.75) is 13.5 Å². The van der Waals surface area contributed by atoms with Crippen molar-refractivity contribution in [3.8, 4) is 0 Å². The summed E-state index contributed by atoms with van der Waals surface area (Å²) in [7, 11) is 3.39. The fraction of sp³-hybridized carbons (Fsp3) is 0.308. The Morgan fingerprint density at radius 3 is 2.76 bits per heavy atom. The third kappa shape index (κ3) is 3.41. The maximum atomic E-state index is 11.1. The van der Waals surface area contributed by atoms with E-state index < -0.39 is 4.92 Å². The standard InChI is InChI=1S/C13H16N6O2/c1-9-5-4-6-10(16-9)8-18(3)12-11(19(20)21)7-15-13(14-2)17-12/h4-7H,8H2,1-3H3,(H,14,15,17). The minimum atomic E-state index is -0.491. The van der Waals surface area contributed by atoms with Crippen molar-refractivity contribution >= 4 is 17.5 Å². The van der Waals surface area contributed by atoms with Crippen LogP contribution < -0.4 is 10.2 Å². The third-order valence-electron chi connectivity index (χ3n) is 2.88. The predicted octanol–water partition coefficient (Wildman–Crippen LogP) is 1.77. The van der Waals surface area contributed by atoms with E-state index in [1.54, 1.807) is 19.0 Å². The third-order valence-corrected chi connectivity index (χ3v) is 2.88. The molecule has 0 radical (unpaired) electrons. The van der Waals surface area contributed by atoms with Crippen LogP contribution in [0.25, 0.3) is 0 Å². The summed E-state index contributed by atoms with van der Waals surface area (Å²) in [6.07, 6.45) is 1.20. The molecule has 0 bridgehead atoms. The Hall–Kier alpha value is -2.77. The quantitative estimate of drug-likeness (QED) is 0.661. The van der Waals surface area contributed by atoms with Crippen molar-refractivity contribution in [3.63, 3.8) is 0 Å². The first-order valence-electron chi connectivity index (χ1n) is 6.34. The van der Waals surface area contributed by atoms with Crippen molar-refractivity contribution in [1.29, 1.82) is 0 Å². The molecule has 1 N–H and O–H groups in total. The molecule has 8 heteroatoms. The molecule has 8 nitrogen and oxygen atoms in total. The first-order valence-corrected chi connectivity index (χ1v) is 6.34. The number of aryl methyl sites for hydroxylation is 1. The van der Waals surface area contributed by atoms with Gasteiger partial charge in [0.05, 0.1) is 17.2 Å². The van der Waals surface area contributed by atoms with Gasteiger partial charge in [-0.05, 0) is 19.1 Å². The van der Waals surface area contributed by atoms with E-state index >= 15 is 0 Å². The summed E-state index contributed by atoms with van der Waals surface area (Å²) in [5, 5.41) is 13.9. The van der Waals surface area contributed by atoms with Crippen LogP contribution in [0, 0.1) is 17.0 Å². The average molecular weight is 288 g/mol. The summed E-state index contributed by atoms with van der Waals surface area (Å²) in [5.74, 6) is 0.585. The second-order valence-corrected chi connectivity index (χ2v) is 4.54. The fourth-order valence-electron chi connectivity index (χ4n) is 1.90. The molecule has 2 aromatic heterocycles. The molecule has 0 saturated heterocycles. The van der Waals surface area contributed by atoms with Gasteiger partial charge in [-0.25, -0.2) is 4.98 Å². The molecule has 0 aliphatic carbocycles. The molecule has 0 spiro atoms. The summed E-state index contributed by atoms with van der Waals surface area (Å²) in [6, 6.07) is 5.67. The summed E-state index contributed by atoms with van der Waals surface area (Å²) in [6.45, 7) is 2.32. The molecule has 110 valence electrons. The normalized spacial score (nSPS) is 10.2. The Kier molecular flexibility index (Phi) is 4.27. The Labute approximate surface area is 122 Å². The van der Waals surface area contributed by atoms with E-state index in [1.165, 1.54) is 6.20 Å². The second kappa shape index (κ2) is 6.12. The molecule has 0 aliphatic rings. The number of hydrogen-bond donors (Lipinski definition) is 1. The maximum Gasteiger partial charge on any atom is 0.329 e. The van der Waals surface area contributed by atoms with E-state index in [-0.39, 0.29) is 11.5 Å². The molecule has 0 fully saturated rings. The zero-order valence-electron chi connectivity index (χ0n) is 12.1. The van der Waals surface area contributed by atoms with Crippen LogP contribution in [0.3, 0.4) is 0 Å². The van der Waals surface area contributed by atoms with Gasteiger partial charge in [0.15, 0.2) is 0 Å². The van der Waals surface area contributed by atoms with Crippen LogP contribution in [0.5, 0.6) is 0 Å². The lowest BCUT2D eigenvalue weighted by atomic mass is 10.3. The van der Waals surface area contributed by atoms with Crippen molar-refractivity contribution in [3.05, 3.63) is 45.9 Å². The van der Waals surface area contributed by atoms with Gasteiger partial charge in [-0.1, -0.05) is 6.07 Å². The molecule has 0 aliphatic heterocycles. The molecule has 0 unspecified atom stereocenters. The van der Waals surface area contributed by atoms with E-state index in [1.807, 2.05) is 25.1 Å². The number of aromatic nitrogens is 3. The molecule has 0 atom stereocenters. The lowest BCUT2D eigenvalue weighted by molar-refractivity contribution is -0.384. The summed E-state index contributed by atoms with van der Waals surface area (Å²) < 4.78 is 0. The van der Waals surface area contributed by atoms with Crippen LogP contribution in [0.1, 0.15) is 11.4 Å². The maximum absolute atomic E-state index is 11.1. The minimum Gasteiger partial charge on any atom is -0.357 e. The highest BCUT2D eigenvalue weighted by Gasteiger charge is 2.21. The molecule has 21 heavy (non-hydrogen) atoms. The molecule has 2 rings (SSSR count). The number of hydrogen-bond acceptors (Lipinski definition) is 7. The van der Waals surface area contributed by atoms with Crippen LogP contribution >= 0.6 is 0 Å². The number of nitrogens with zero attached hydrogens (tertiary/aromatic N) is 5. The average Bonchev–Trinajstić information content (AvgIpc) is 2.46. The molecule has 0 amide bonds. The van der Waals surface area contributed by atoms with Gasteiger partial charge < -0.3 is 10.2 Å². The molecule has 0 aromatic carbocycles. The SMILES string of the molecule is CNc1ncc([N+](=O)[O-])c(N(C)Cc2cccc(C)n2)n1. The number of nitrogens with one attached hydrogen (secondary N) is 1. The van der Waals surface area contributed by atoms with Gasteiger partial charge in [-0.3, -0.25) is 15.1 Å². The predicted molar refractivity (Wildman–Crippen MR) is 79.3 cm³/mol. The van der Waals surface area contributed by atoms with Gasteiger partial charge in [-0.2, -0.15) is 4.98 Å². The van der Waals surface area contributed by atoms with Crippen molar-refractivity contribution in [2.75, 3.05) is 24.3 Å². The number of nitro groups is 1. The minimum absolute atomic E-state index is 0.135. The molecular weight excluding hydrogens is 272 g/mol. The van der Waals surface area contributed by atoms with Crippen LogP contribution in [-0.4, -0.2) is 34.0 Å². The van der Waals surface area contributed by atoms with Gasteiger partial charge in [0.1, 0.15) is 6.20 Å². The number of pyridine rings is 1. The first-order chi connectivity index (χ1) is 10.0. The summed E-state index contributed by atoms with van der Waals surface area (Å²) >= 11 is 0. The van der Waals surface area contributed by atoms with Gasteiger partial charge >= 0.3 is 5.69 Å². The van der Waals surface area contributed by atoms with E-state index in [4.69, 9.17) is 0 Å². The smallest absolute Gasteiger partial charge is 0.329 e. The lowest BCUT2D eigenvalue weighted by Crippen LogP contribution is -2.20. The summed E-state index contributed by atoms with van der Waals surface area (Å²) in [4.78, 5) is 24.7. The zero-order valence-corrected chi connectivity index (χ0v) is 12.1. The molecule has 2 aromatic rings. The summed E-state index contributed by atoms with van der Waals surface area (Å²) in [5.41, 5.74) is 1.58. The van der Waals surface area contributed by atoms with Gasteiger partial charge in [0, 0.05) is 19.8 Å². The largest absolute Gasteiger partial charge is 0.357 e. The second-order valence-electron chi connectivity index (χ2n) is 4.54. The van der Waals surface area contributed by atoms with Crippen LogP contribution in [-0.2, 0) is 6.54 Å². The Balaban J connectivity index is 2.33. The number of rotatable bonds is 5. The van der Waals surface area contributed by atoms with Crippen LogP contribution in [0.2, 0.25) is 0 Å². The van der Waals surface area contributed by atoms with E-state index in [0.29, 0.717) is 12.5 Å². The zero-order chi connectivity index (χ0) is 15.4. The molecular formula is C13H16N6O2. The first kappa shape index (κ1) is 14.6. The highest BCUT2D eigenvalue weighted by molar-refractivity contribution is 5.58. The van der Waals surface area contributed by atoms with E-state index in [9.17, 15) is 10.1 Å². The van der Waals surface area contributed by atoms with E-state index in [2.05, 4.69) is 20.3 Å². The molecule has 0 saturated carbocycles. The van der Waals surface area contributed by atoms with Crippen molar-refractivity contribution < 1.29 is 4.92 Å². The van der Waals surface area contributed by atoms with Crippen molar-refractivity contribution in [1.82, 2.24) is 15.0 Å². The van der Waals surface area contributed by atoms with Crippen LogP contribution in [0.4, 0.5) is 17.5 Å². The Bertz CT molecular complexity index is 661. The topological polar surface area (TPSA) is 97.1 Å². The Morgan fingerprint density at radius 2 is 2.14 bits per heavy atom. The van der Waals surface area contributed by atoms with Crippen molar-refractivity contribution in [2.24, 2.45) is 0 Å². The number of anilines is 2. The van der Waals surface area contributed by atoms with Crippen LogP contribution in [0.15, 0.2) is 24.4 Å². The monoisotopic (exact) mass is 288 g/mol. The van der Waals surface area contributed by atoms with E-state index in [0.717, 1.165) is 11.4 Å². The van der Waals surface area contributed by atoms with Gasteiger partial charge in [0.2, 0.25) is 11.8 Å². The lowest BCUT2D eigenvalue weighted by Gasteiger charge is -2.18. The van der Waals surface area contributed by atoms with Gasteiger partial charge in [-0.15, -0.1) is 0 Å². The highest BCUT2D eigenvalue weighted by Crippen LogP contribution is 2.26. The fourth-order valence-corrected chi connectivity index (χ4v) is 1.90.